The van der Waals surface area contributed by atoms with Crippen LogP contribution in [0.4, 0.5) is 5.82 Å². The Bertz CT molecular complexity index is 1270. The van der Waals surface area contributed by atoms with Crippen molar-refractivity contribution in [2.24, 2.45) is 0 Å². The summed E-state index contributed by atoms with van der Waals surface area (Å²) in [6.45, 7) is 0.479. The minimum absolute atomic E-state index is 0.0886. The number of nitrogens with one attached hydrogen (secondary N) is 2. The van der Waals surface area contributed by atoms with Crippen LogP contribution < -0.4 is 10.6 Å². The van der Waals surface area contributed by atoms with Crippen molar-refractivity contribution in [1.82, 2.24) is 24.8 Å². The number of hydrogen-bond donors (Lipinski definition) is 3. The van der Waals surface area contributed by atoms with Crippen molar-refractivity contribution >= 4 is 28.9 Å². The van der Waals surface area contributed by atoms with Gasteiger partial charge in [0.1, 0.15) is 30.2 Å². The molecule has 2 aromatic heterocycles. The van der Waals surface area contributed by atoms with E-state index in [0.29, 0.717) is 23.5 Å². The first kappa shape index (κ1) is 22.7. The Balaban J connectivity index is 1.45. The minimum Gasteiger partial charge on any atom is -0.508 e. The number of benzene rings is 2. The second-order valence-corrected chi connectivity index (χ2v) is 7.62. The highest BCUT2D eigenvalue weighted by Crippen LogP contribution is 2.18. The summed E-state index contributed by atoms with van der Waals surface area (Å²) in [5, 5.41) is 15.4. The number of nitrogens with zero attached hydrogens (tertiary/aromatic N) is 4. The molecule has 10 heteroatoms. The molecule has 2 aromatic carbocycles. The van der Waals surface area contributed by atoms with Gasteiger partial charge in [0.25, 0.3) is 0 Å². The van der Waals surface area contributed by atoms with Crippen molar-refractivity contribution in [3.63, 3.8) is 0 Å². The molecular weight excluding hydrogens is 436 g/mol. The highest BCUT2D eigenvalue weighted by Gasteiger charge is 2.23. The number of esters is 1. The van der Waals surface area contributed by atoms with Gasteiger partial charge in [0, 0.05) is 13.0 Å². The first-order valence-electron chi connectivity index (χ1n) is 10.6. The maximum atomic E-state index is 12.8. The molecule has 0 saturated carbocycles. The molecule has 4 aromatic rings. The lowest BCUT2D eigenvalue weighted by Gasteiger charge is -2.17. The number of amides is 1. The maximum Gasteiger partial charge on any atom is 0.328 e. The number of aromatic hydroxyl groups is 1. The van der Waals surface area contributed by atoms with Crippen LogP contribution in [0.1, 0.15) is 11.1 Å². The molecule has 174 valence electrons. The van der Waals surface area contributed by atoms with Crippen LogP contribution in [0.25, 0.3) is 11.2 Å². The fourth-order valence-corrected chi connectivity index (χ4v) is 3.51. The van der Waals surface area contributed by atoms with E-state index in [1.807, 2.05) is 30.3 Å². The summed E-state index contributed by atoms with van der Waals surface area (Å²) in [5.41, 5.74) is 2.90. The quantitative estimate of drug-likeness (QED) is 0.324. The molecule has 0 fully saturated rings. The third kappa shape index (κ3) is 5.47. The van der Waals surface area contributed by atoms with Crippen molar-refractivity contribution in [2.45, 2.75) is 25.6 Å². The molecule has 34 heavy (non-hydrogen) atoms. The third-order valence-electron chi connectivity index (χ3n) is 5.22. The van der Waals surface area contributed by atoms with Gasteiger partial charge >= 0.3 is 5.97 Å². The van der Waals surface area contributed by atoms with Crippen LogP contribution in [-0.2, 0) is 33.8 Å². The normalized spacial score (nSPS) is 11.7. The molecule has 4 rings (SSSR count). The zero-order chi connectivity index (χ0) is 23.9. The fourth-order valence-electron chi connectivity index (χ4n) is 3.51. The van der Waals surface area contributed by atoms with E-state index in [4.69, 9.17) is 4.74 Å². The molecule has 10 nitrogen and oxygen atoms in total. The minimum atomic E-state index is -0.880. The number of fused-ring (bicyclic) bond motifs is 1. The van der Waals surface area contributed by atoms with Gasteiger partial charge < -0.3 is 25.0 Å². The number of aromatic nitrogens is 4. The average molecular weight is 460 g/mol. The van der Waals surface area contributed by atoms with Gasteiger partial charge in [-0.25, -0.2) is 19.7 Å². The molecule has 0 aliphatic rings. The van der Waals surface area contributed by atoms with E-state index >= 15 is 0 Å². The van der Waals surface area contributed by atoms with Gasteiger partial charge in [0.05, 0.1) is 13.4 Å². The first-order chi connectivity index (χ1) is 16.5. The van der Waals surface area contributed by atoms with Crippen molar-refractivity contribution in [1.29, 1.82) is 0 Å². The fraction of sp³-hybridized carbons (Fsp3) is 0.208. The lowest BCUT2D eigenvalue weighted by molar-refractivity contribution is -0.145. The first-order valence-corrected chi connectivity index (χ1v) is 10.6. The average Bonchev–Trinajstić information content (AvgIpc) is 3.27. The second-order valence-electron chi connectivity index (χ2n) is 7.62. The maximum absolute atomic E-state index is 12.8. The van der Waals surface area contributed by atoms with Gasteiger partial charge in [-0.05, 0) is 23.3 Å². The molecule has 0 unspecified atom stereocenters. The smallest absolute Gasteiger partial charge is 0.328 e. The molecule has 3 N–H and O–H groups in total. The van der Waals surface area contributed by atoms with Crippen molar-refractivity contribution in [2.75, 3.05) is 12.4 Å². The molecule has 0 radical (unpaired) electrons. The SMILES string of the molecule is COC(=O)[C@H](Cc1ccc(O)cc1)NC(=O)Cn1cnc2c(NCc3ccccc3)ncnc21. The van der Waals surface area contributed by atoms with Crippen LogP contribution in [-0.4, -0.2) is 49.7 Å². The molecule has 2 heterocycles. The van der Waals surface area contributed by atoms with E-state index in [1.165, 1.54) is 31.9 Å². The number of phenols is 1. The van der Waals surface area contributed by atoms with Gasteiger partial charge in [-0.2, -0.15) is 0 Å². The monoisotopic (exact) mass is 460 g/mol. The Morgan fingerprint density at radius 1 is 1.03 bits per heavy atom. The van der Waals surface area contributed by atoms with Crippen LogP contribution in [0.5, 0.6) is 5.75 Å². The molecule has 0 spiro atoms. The van der Waals surface area contributed by atoms with E-state index in [-0.39, 0.29) is 18.7 Å². The van der Waals surface area contributed by atoms with Crippen molar-refractivity contribution in [3.8, 4) is 5.75 Å². The highest BCUT2D eigenvalue weighted by molar-refractivity contribution is 5.87. The van der Waals surface area contributed by atoms with Crippen molar-refractivity contribution in [3.05, 3.63) is 78.4 Å². The molecular formula is C24H24N6O4. The van der Waals surface area contributed by atoms with Gasteiger partial charge in [-0.1, -0.05) is 42.5 Å². The number of carbonyl (C=O) groups excluding carboxylic acids is 2. The van der Waals surface area contributed by atoms with Crippen LogP contribution in [0, 0.1) is 0 Å². The van der Waals surface area contributed by atoms with E-state index < -0.39 is 17.9 Å². The standard InChI is InChI=1S/C24H24N6O4/c1-34-24(33)19(11-16-7-9-18(31)10-8-16)29-20(32)13-30-15-28-21-22(26-14-27-23(21)30)25-12-17-5-3-2-4-6-17/h2-10,14-15,19,31H,11-13H2,1H3,(H,29,32)(H,25,26,27)/t19-/m0/s1. The number of imidazole rings is 1. The van der Waals surface area contributed by atoms with Gasteiger partial charge in [-0.15, -0.1) is 0 Å². The summed E-state index contributed by atoms with van der Waals surface area (Å²) >= 11 is 0. The topological polar surface area (TPSA) is 131 Å². The Labute approximate surface area is 195 Å². The second kappa shape index (κ2) is 10.4. The summed E-state index contributed by atoms with van der Waals surface area (Å²) in [6.07, 6.45) is 3.15. The number of anilines is 1. The molecule has 1 atom stereocenters. The highest BCUT2D eigenvalue weighted by atomic mass is 16.5. The molecule has 1 amide bonds. The van der Waals surface area contributed by atoms with E-state index in [0.717, 1.165) is 11.1 Å². The van der Waals surface area contributed by atoms with Gasteiger partial charge in [-0.3, -0.25) is 4.79 Å². The zero-order valence-corrected chi connectivity index (χ0v) is 18.5. The van der Waals surface area contributed by atoms with Crippen LogP contribution in [0.2, 0.25) is 0 Å². The predicted octanol–water partition coefficient (Wildman–Crippen LogP) is 2.04. The summed E-state index contributed by atoms with van der Waals surface area (Å²) in [4.78, 5) is 37.9. The summed E-state index contributed by atoms with van der Waals surface area (Å²) in [5.74, 6) is -0.278. The van der Waals surface area contributed by atoms with Gasteiger partial charge in [0.15, 0.2) is 11.5 Å². The van der Waals surface area contributed by atoms with Gasteiger partial charge in [0.2, 0.25) is 5.91 Å². The van der Waals surface area contributed by atoms with E-state index in [2.05, 4.69) is 25.6 Å². The van der Waals surface area contributed by atoms with Crippen LogP contribution in [0.3, 0.4) is 0 Å². The van der Waals surface area contributed by atoms with E-state index in [1.54, 1.807) is 16.7 Å². The number of carbonyl (C=O) groups is 2. The molecule has 0 aliphatic carbocycles. The Morgan fingerprint density at radius 3 is 2.53 bits per heavy atom. The third-order valence-corrected chi connectivity index (χ3v) is 5.22. The Hall–Kier alpha value is -4.47. The van der Waals surface area contributed by atoms with Crippen LogP contribution >= 0.6 is 0 Å². The number of phenolic OH excluding ortho intramolecular Hbond substituents is 1. The lowest BCUT2D eigenvalue weighted by atomic mass is 10.1. The van der Waals surface area contributed by atoms with E-state index in [9.17, 15) is 14.7 Å². The van der Waals surface area contributed by atoms with Crippen molar-refractivity contribution < 1.29 is 19.4 Å². The largest absolute Gasteiger partial charge is 0.508 e. The zero-order valence-electron chi connectivity index (χ0n) is 18.5. The number of ether oxygens (including phenoxy) is 1. The Kier molecular flexibility index (Phi) is 6.97. The predicted molar refractivity (Wildman–Crippen MR) is 125 cm³/mol. The number of methoxy groups -OCH3 is 1. The van der Waals surface area contributed by atoms with Crippen LogP contribution in [0.15, 0.2) is 67.3 Å². The number of hydrogen-bond acceptors (Lipinski definition) is 8. The number of rotatable bonds is 9. The Morgan fingerprint density at radius 2 is 1.79 bits per heavy atom. The summed E-state index contributed by atoms with van der Waals surface area (Å²) < 4.78 is 6.43. The molecule has 0 saturated heterocycles. The summed E-state index contributed by atoms with van der Waals surface area (Å²) in [7, 11) is 1.27. The lowest BCUT2D eigenvalue weighted by Crippen LogP contribution is -2.44. The molecule has 0 bridgehead atoms. The molecule has 0 aliphatic heterocycles. The summed E-state index contributed by atoms with van der Waals surface area (Å²) in [6, 6.07) is 15.4.